The van der Waals surface area contributed by atoms with Crippen molar-refractivity contribution in [2.75, 3.05) is 5.75 Å². The summed E-state index contributed by atoms with van der Waals surface area (Å²) in [6.07, 6.45) is 0. The van der Waals surface area contributed by atoms with Gasteiger partial charge < -0.3 is 0 Å². The van der Waals surface area contributed by atoms with Crippen molar-refractivity contribution in [2.45, 2.75) is 32.9 Å². The van der Waals surface area contributed by atoms with Gasteiger partial charge in [0.2, 0.25) is 0 Å². The van der Waals surface area contributed by atoms with Crippen molar-refractivity contribution in [3.05, 3.63) is 0 Å². The van der Waals surface area contributed by atoms with Crippen LogP contribution in [0.25, 0.3) is 0 Å². The van der Waals surface area contributed by atoms with E-state index in [4.69, 9.17) is 0 Å². The summed E-state index contributed by atoms with van der Waals surface area (Å²) >= 11 is 1.74. The highest BCUT2D eigenvalue weighted by molar-refractivity contribution is 8.00. The van der Waals surface area contributed by atoms with E-state index in [1.54, 1.807) is 18.7 Å². The summed E-state index contributed by atoms with van der Waals surface area (Å²) in [5.41, 5.74) is 0. The molecule has 1 atom stereocenters. The molecule has 0 spiro atoms. The lowest BCUT2D eigenvalue weighted by Crippen LogP contribution is -2.20. The quantitative estimate of drug-likeness (QED) is 0.628. The first-order valence-corrected chi connectivity index (χ1v) is 4.76. The average molecular weight is 160 g/mol. The molecule has 1 nitrogen and oxygen atoms in total. The van der Waals surface area contributed by atoms with Crippen molar-refractivity contribution >= 4 is 17.5 Å². The fraction of sp³-hybridized carbons (Fsp3) is 0.875. The number of carbonyl (C=O) groups excluding carboxylic acids is 1. The third kappa shape index (κ3) is 3.25. The molecule has 0 amide bonds. The summed E-state index contributed by atoms with van der Waals surface area (Å²) in [5, 5.41) is 0.213. The Bertz CT molecular complexity index is 110. The van der Waals surface area contributed by atoms with E-state index < -0.39 is 0 Å². The standard InChI is InChI=1S/C8H16OS/c1-5-10-8(6(2)3)7(4)9/h6,8H,5H2,1-4H3. The maximum atomic E-state index is 11.0. The fourth-order valence-corrected chi connectivity index (χ4v) is 1.94. The van der Waals surface area contributed by atoms with E-state index in [9.17, 15) is 4.79 Å². The van der Waals surface area contributed by atoms with Crippen molar-refractivity contribution in [3.8, 4) is 0 Å². The van der Waals surface area contributed by atoms with Crippen LogP contribution in [0.1, 0.15) is 27.7 Å². The molecule has 0 aliphatic rings. The zero-order valence-corrected chi connectivity index (χ0v) is 7.99. The molecule has 0 saturated carbocycles. The van der Waals surface area contributed by atoms with E-state index in [0.717, 1.165) is 5.75 Å². The Morgan fingerprint density at radius 1 is 1.50 bits per heavy atom. The van der Waals surface area contributed by atoms with E-state index in [1.165, 1.54) is 0 Å². The van der Waals surface area contributed by atoms with Crippen molar-refractivity contribution in [1.29, 1.82) is 0 Å². The Kier molecular flexibility index (Phi) is 4.79. The number of ketones is 1. The molecule has 0 aromatic carbocycles. The highest BCUT2D eigenvalue weighted by atomic mass is 32.2. The number of thioether (sulfide) groups is 1. The lowest BCUT2D eigenvalue weighted by molar-refractivity contribution is -0.117. The van der Waals surface area contributed by atoms with Crippen LogP contribution in [0.3, 0.4) is 0 Å². The molecule has 0 aliphatic carbocycles. The first kappa shape index (κ1) is 10.0. The van der Waals surface area contributed by atoms with Crippen molar-refractivity contribution in [1.82, 2.24) is 0 Å². The molecule has 0 rings (SSSR count). The molecular weight excluding hydrogens is 144 g/mol. The van der Waals surface area contributed by atoms with Crippen molar-refractivity contribution in [2.24, 2.45) is 5.92 Å². The number of carbonyl (C=O) groups is 1. The van der Waals surface area contributed by atoms with Crippen LogP contribution in [0.5, 0.6) is 0 Å². The topological polar surface area (TPSA) is 17.1 Å². The van der Waals surface area contributed by atoms with E-state index in [0.29, 0.717) is 11.7 Å². The Labute approximate surface area is 67.6 Å². The van der Waals surface area contributed by atoms with Crippen LogP contribution in [0.4, 0.5) is 0 Å². The third-order valence-corrected chi connectivity index (χ3v) is 2.92. The number of Topliss-reactive ketones (excluding diaryl/α,β-unsaturated/α-hetero) is 1. The summed E-state index contributed by atoms with van der Waals surface area (Å²) in [6, 6.07) is 0. The van der Waals surface area contributed by atoms with Crippen molar-refractivity contribution < 1.29 is 4.79 Å². The van der Waals surface area contributed by atoms with Gasteiger partial charge in [-0.05, 0) is 18.6 Å². The van der Waals surface area contributed by atoms with Crippen LogP contribution < -0.4 is 0 Å². The second kappa shape index (κ2) is 4.78. The average Bonchev–Trinajstić information content (AvgIpc) is 1.81. The van der Waals surface area contributed by atoms with Crippen LogP contribution >= 0.6 is 11.8 Å². The van der Waals surface area contributed by atoms with Crippen molar-refractivity contribution in [3.63, 3.8) is 0 Å². The van der Waals surface area contributed by atoms with Gasteiger partial charge in [0.25, 0.3) is 0 Å². The molecule has 0 fully saturated rings. The molecule has 1 unspecified atom stereocenters. The summed E-state index contributed by atoms with van der Waals surface area (Å²) in [5.74, 6) is 1.81. The first-order chi connectivity index (χ1) is 4.59. The van der Waals surface area contributed by atoms with Crippen LogP contribution in [-0.2, 0) is 4.79 Å². The van der Waals surface area contributed by atoms with Gasteiger partial charge in [-0.15, -0.1) is 0 Å². The van der Waals surface area contributed by atoms with Gasteiger partial charge in [0.15, 0.2) is 0 Å². The second-order valence-corrected chi connectivity index (χ2v) is 4.15. The summed E-state index contributed by atoms with van der Waals surface area (Å²) in [6.45, 7) is 7.94. The SMILES string of the molecule is CCSC(C(C)=O)C(C)C. The molecule has 0 bridgehead atoms. The molecule has 0 radical (unpaired) electrons. The predicted octanol–water partition coefficient (Wildman–Crippen LogP) is 2.35. The zero-order valence-electron chi connectivity index (χ0n) is 7.18. The number of hydrogen-bond acceptors (Lipinski definition) is 2. The third-order valence-electron chi connectivity index (χ3n) is 1.35. The molecular formula is C8H16OS. The fourth-order valence-electron chi connectivity index (χ4n) is 0.959. The van der Waals surface area contributed by atoms with Crippen LogP contribution in [0.2, 0.25) is 0 Å². The lowest BCUT2D eigenvalue weighted by Gasteiger charge is -2.15. The van der Waals surface area contributed by atoms with E-state index in [2.05, 4.69) is 20.8 Å². The van der Waals surface area contributed by atoms with Gasteiger partial charge in [-0.3, -0.25) is 4.79 Å². The maximum absolute atomic E-state index is 11.0. The number of hydrogen-bond donors (Lipinski definition) is 0. The smallest absolute Gasteiger partial charge is 0.143 e. The number of rotatable bonds is 4. The van der Waals surface area contributed by atoms with E-state index in [-0.39, 0.29) is 5.25 Å². The summed E-state index contributed by atoms with van der Waals surface area (Å²) < 4.78 is 0. The van der Waals surface area contributed by atoms with Gasteiger partial charge >= 0.3 is 0 Å². The zero-order chi connectivity index (χ0) is 8.15. The maximum Gasteiger partial charge on any atom is 0.143 e. The minimum atomic E-state index is 0.213. The highest BCUT2D eigenvalue weighted by Gasteiger charge is 2.16. The Morgan fingerprint density at radius 3 is 2.10 bits per heavy atom. The molecule has 0 aromatic heterocycles. The van der Waals surface area contributed by atoms with Gasteiger partial charge in [0, 0.05) is 0 Å². The predicted molar refractivity (Wildman–Crippen MR) is 47.4 cm³/mol. The molecule has 2 heteroatoms. The first-order valence-electron chi connectivity index (χ1n) is 3.71. The summed E-state index contributed by atoms with van der Waals surface area (Å²) in [4.78, 5) is 11.0. The molecule has 0 heterocycles. The Hall–Kier alpha value is 0.0200. The minimum absolute atomic E-state index is 0.213. The van der Waals surface area contributed by atoms with Crippen LogP contribution in [-0.4, -0.2) is 16.8 Å². The van der Waals surface area contributed by atoms with Gasteiger partial charge in [0.05, 0.1) is 5.25 Å². The molecule has 0 aliphatic heterocycles. The van der Waals surface area contributed by atoms with Gasteiger partial charge in [-0.1, -0.05) is 20.8 Å². The second-order valence-electron chi connectivity index (χ2n) is 2.73. The van der Waals surface area contributed by atoms with Gasteiger partial charge in [-0.2, -0.15) is 11.8 Å². The molecule has 60 valence electrons. The largest absolute Gasteiger partial charge is 0.299 e. The molecule has 0 saturated heterocycles. The Morgan fingerprint density at radius 2 is 2.00 bits per heavy atom. The van der Waals surface area contributed by atoms with Gasteiger partial charge in [-0.25, -0.2) is 0 Å². The van der Waals surface area contributed by atoms with E-state index in [1.807, 2.05) is 0 Å². The lowest BCUT2D eigenvalue weighted by atomic mass is 10.1. The summed E-state index contributed by atoms with van der Waals surface area (Å²) in [7, 11) is 0. The molecule has 10 heavy (non-hydrogen) atoms. The highest BCUT2D eigenvalue weighted by Crippen LogP contribution is 2.19. The van der Waals surface area contributed by atoms with Crippen LogP contribution in [0, 0.1) is 5.92 Å². The molecule has 0 N–H and O–H groups in total. The Balaban J connectivity index is 3.85. The van der Waals surface area contributed by atoms with Crippen LogP contribution in [0.15, 0.2) is 0 Å². The monoisotopic (exact) mass is 160 g/mol. The molecule has 0 aromatic rings. The normalized spacial score (nSPS) is 13.7. The minimum Gasteiger partial charge on any atom is -0.299 e. The van der Waals surface area contributed by atoms with E-state index >= 15 is 0 Å². The van der Waals surface area contributed by atoms with Gasteiger partial charge in [0.1, 0.15) is 5.78 Å².